The highest BCUT2D eigenvalue weighted by Crippen LogP contribution is 2.27. The van der Waals surface area contributed by atoms with Crippen molar-refractivity contribution < 1.29 is 4.74 Å². The molecule has 0 saturated carbocycles. The molecule has 0 radical (unpaired) electrons. The van der Waals surface area contributed by atoms with E-state index in [1.165, 1.54) is 11.1 Å². The molecule has 1 heterocycles. The third-order valence-corrected chi connectivity index (χ3v) is 3.62. The molecule has 20 heavy (non-hydrogen) atoms. The van der Waals surface area contributed by atoms with Gasteiger partial charge in [-0.1, -0.05) is 18.2 Å². The number of hydrogen-bond donors (Lipinski definition) is 1. The molecular formula is C16H23N3O. The molecule has 0 aliphatic carbocycles. The molecule has 0 aliphatic rings. The third kappa shape index (κ3) is 3.02. The van der Waals surface area contributed by atoms with E-state index in [9.17, 15) is 0 Å². The fourth-order valence-corrected chi connectivity index (χ4v) is 2.62. The number of rotatable bonds is 5. The lowest BCUT2D eigenvalue weighted by atomic mass is 10.0. The molecule has 2 aromatic rings. The Hall–Kier alpha value is -1.81. The fraction of sp³-hybridized carbons (Fsp3) is 0.438. The Balaban J connectivity index is 2.15. The van der Waals surface area contributed by atoms with Gasteiger partial charge >= 0.3 is 0 Å². The molecule has 1 aromatic heterocycles. The number of aryl methyl sites for hydroxylation is 2. The average molecular weight is 273 g/mol. The molecule has 4 nitrogen and oxygen atoms in total. The van der Waals surface area contributed by atoms with Gasteiger partial charge in [0.05, 0.1) is 12.8 Å². The quantitative estimate of drug-likeness (QED) is 0.909. The molecule has 4 heteroatoms. The molecule has 108 valence electrons. The zero-order valence-corrected chi connectivity index (χ0v) is 12.8. The second kappa shape index (κ2) is 6.09. The van der Waals surface area contributed by atoms with Crippen LogP contribution in [-0.2, 0) is 7.05 Å². The second-order valence-corrected chi connectivity index (χ2v) is 5.20. The number of hydrogen-bond acceptors (Lipinski definition) is 3. The Morgan fingerprint density at radius 1 is 1.15 bits per heavy atom. The number of ether oxygens (including phenoxy) is 1. The second-order valence-electron chi connectivity index (χ2n) is 5.20. The first-order chi connectivity index (χ1) is 9.52. The monoisotopic (exact) mass is 273 g/mol. The van der Waals surface area contributed by atoms with Gasteiger partial charge in [-0.3, -0.25) is 4.68 Å². The molecule has 0 fully saturated rings. The van der Waals surface area contributed by atoms with Crippen LogP contribution in [0.15, 0.2) is 30.5 Å². The summed E-state index contributed by atoms with van der Waals surface area (Å²) >= 11 is 0. The van der Waals surface area contributed by atoms with Crippen molar-refractivity contribution in [2.75, 3.05) is 7.11 Å². The van der Waals surface area contributed by atoms with Gasteiger partial charge in [-0.15, -0.1) is 0 Å². The summed E-state index contributed by atoms with van der Waals surface area (Å²) in [4.78, 5) is 0. The van der Waals surface area contributed by atoms with Gasteiger partial charge in [0.25, 0.3) is 0 Å². The van der Waals surface area contributed by atoms with Crippen molar-refractivity contribution in [2.45, 2.75) is 32.9 Å². The number of nitrogens with zero attached hydrogens (tertiary/aromatic N) is 2. The van der Waals surface area contributed by atoms with E-state index in [4.69, 9.17) is 4.74 Å². The standard InChI is InChI=1S/C16H23N3O/c1-11(14-8-6-7-9-16(14)20-5)17-12(2)15-10-19(4)18-13(15)3/h6-12,17H,1-5H3. The lowest BCUT2D eigenvalue weighted by Gasteiger charge is -2.21. The van der Waals surface area contributed by atoms with Crippen molar-refractivity contribution >= 4 is 0 Å². The van der Waals surface area contributed by atoms with E-state index < -0.39 is 0 Å². The molecule has 2 unspecified atom stereocenters. The van der Waals surface area contributed by atoms with E-state index in [0.717, 1.165) is 11.4 Å². The van der Waals surface area contributed by atoms with Crippen molar-refractivity contribution in [3.8, 4) is 5.75 Å². The van der Waals surface area contributed by atoms with Crippen molar-refractivity contribution in [1.29, 1.82) is 0 Å². The molecule has 0 aliphatic heterocycles. The van der Waals surface area contributed by atoms with Crippen LogP contribution in [-0.4, -0.2) is 16.9 Å². The Bertz CT molecular complexity index is 577. The third-order valence-electron chi connectivity index (χ3n) is 3.62. The van der Waals surface area contributed by atoms with Crippen LogP contribution in [0.5, 0.6) is 5.75 Å². The summed E-state index contributed by atoms with van der Waals surface area (Å²) in [6, 6.07) is 8.57. The molecule has 0 saturated heterocycles. The zero-order valence-electron chi connectivity index (χ0n) is 12.8. The summed E-state index contributed by atoms with van der Waals surface area (Å²) < 4.78 is 7.28. The SMILES string of the molecule is COc1ccccc1C(C)NC(C)c1cn(C)nc1C. The molecular weight excluding hydrogens is 250 g/mol. The summed E-state index contributed by atoms with van der Waals surface area (Å²) in [5.74, 6) is 0.919. The van der Waals surface area contributed by atoms with Crippen molar-refractivity contribution in [3.05, 3.63) is 47.3 Å². The maximum absolute atomic E-state index is 5.43. The Kier molecular flexibility index (Phi) is 4.45. The van der Waals surface area contributed by atoms with Crippen LogP contribution in [0.3, 0.4) is 0 Å². The summed E-state index contributed by atoms with van der Waals surface area (Å²) in [7, 11) is 3.66. The predicted octanol–water partition coefficient (Wildman–Crippen LogP) is 3.15. The molecule has 0 spiro atoms. The predicted molar refractivity (Wildman–Crippen MR) is 80.9 cm³/mol. The maximum atomic E-state index is 5.43. The first-order valence-electron chi connectivity index (χ1n) is 6.92. The van der Waals surface area contributed by atoms with Gasteiger partial charge in [-0.05, 0) is 26.8 Å². The number of nitrogens with one attached hydrogen (secondary N) is 1. The molecule has 0 bridgehead atoms. The van der Waals surface area contributed by atoms with E-state index in [-0.39, 0.29) is 12.1 Å². The summed E-state index contributed by atoms with van der Waals surface area (Å²) in [5, 5.41) is 8.01. The van der Waals surface area contributed by atoms with Gasteiger partial charge in [0.1, 0.15) is 5.75 Å². The van der Waals surface area contributed by atoms with Gasteiger partial charge in [-0.25, -0.2) is 0 Å². The van der Waals surface area contributed by atoms with Crippen LogP contribution in [0.4, 0.5) is 0 Å². The Labute approximate surface area is 120 Å². The van der Waals surface area contributed by atoms with Crippen LogP contribution in [0.25, 0.3) is 0 Å². The molecule has 1 aromatic carbocycles. The van der Waals surface area contributed by atoms with Gasteiger partial charge in [-0.2, -0.15) is 5.10 Å². The van der Waals surface area contributed by atoms with Crippen LogP contribution in [0, 0.1) is 6.92 Å². The minimum Gasteiger partial charge on any atom is -0.496 e. The molecule has 1 N–H and O–H groups in total. The minimum atomic E-state index is 0.209. The van der Waals surface area contributed by atoms with E-state index in [0.29, 0.717) is 0 Å². The van der Waals surface area contributed by atoms with Gasteiger partial charge in [0.2, 0.25) is 0 Å². The normalized spacial score (nSPS) is 14.1. The Morgan fingerprint density at radius 2 is 1.80 bits per heavy atom. The summed E-state index contributed by atoms with van der Waals surface area (Å²) in [6.07, 6.45) is 2.07. The zero-order chi connectivity index (χ0) is 14.7. The first kappa shape index (κ1) is 14.6. The number of benzene rings is 1. The van der Waals surface area contributed by atoms with Crippen molar-refractivity contribution in [2.24, 2.45) is 7.05 Å². The summed E-state index contributed by atoms with van der Waals surface area (Å²) in [6.45, 7) is 6.36. The largest absolute Gasteiger partial charge is 0.496 e. The summed E-state index contributed by atoms with van der Waals surface area (Å²) in [5.41, 5.74) is 3.47. The van der Waals surface area contributed by atoms with E-state index >= 15 is 0 Å². The highest BCUT2D eigenvalue weighted by atomic mass is 16.5. The molecule has 0 amide bonds. The maximum Gasteiger partial charge on any atom is 0.123 e. The van der Waals surface area contributed by atoms with Crippen LogP contribution >= 0.6 is 0 Å². The fourth-order valence-electron chi connectivity index (χ4n) is 2.62. The number of aromatic nitrogens is 2. The number of para-hydroxylation sites is 1. The number of methoxy groups -OCH3 is 1. The first-order valence-corrected chi connectivity index (χ1v) is 6.92. The highest BCUT2D eigenvalue weighted by Gasteiger charge is 2.17. The van der Waals surface area contributed by atoms with Crippen molar-refractivity contribution in [1.82, 2.24) is 15.1 Å². The minimum absolute atomic E-state index is 0.209. The van der Waals surface area contributed by atoms with Gasteiger partial charge in [0, 0.05) is 36.5 Å². The topological polar surface area (TPSA) is 39.1 Å². The van der Waals surface area contributed by atoms with Crippen molar-refractivity contribution in [3.63, 3.8) is 0 Å². The van der Waals surface area contributed by atoms with Gasteiger partial charge in [0.15, 0.2) is 0 Å². The van der Waals surface area contributed by atoms with Gasteiger partial charge < -0.3 is 10.1 Å². The average Bonchev–Trinajstić information content (AvgIpc) is 2.77. The van der Waals surface area contributed by atoms with Crippen LogP contribution < -0.4 is 10.1 Å². The van der Waals surface area contributed by atoms with E-state index in [1.54, 1.807) is 7.11 Å². The smallest absolute Gasteiger partial charge is 0.123 e. The highest BCUT2D eigenvalue weighted by molar-refractivity contribution is 5.35. The molecule has 2 atom stereocenters. The van der Waals surface area contributed by atoms with Crippen LogP contribution in [0.2, 0.25) is 0 Å². The lowest BCUT2D eigenvalue weighted by molar-refractivity contribution is 0.396. The van der Waals surface area contributed by atoms with E-state index in [1.807, 2.05) is 36.9 Å². The lowest BCUT2D eigenvalue weighted by Crippen LogP contribution is -2.23. The molecule has 2 rings (SSSR count). The van der Waals surface area contributed by atoms with E-state index in [2.05, 4.69) is 36.5 Å². The Morgan fingerprint density at radius 3 is 2.40 bits per heavy atom. The van der Waals surface area contributed by atoms with Crippen LogP contribution in [0.1, 0.15) is 42.8 Å².